The largest absolute Gasteiger partial charge is 0.478 e. The fraction of sp³-hybridized carbons (Fsp3) is 0.667. The number of rotatable bonds is 5. The van der Waals surface area contributed by atoms with Gasteiger partial charge < -0.3 is 10.1 Å². The summed E-state index contributed by atoms with van der Waals surface area (Å²) in [6.45, 7) is 1.85. The number of aromatic nitrogens is 2. The Kier molecular flexibility index (Phi) is 5.01. The minimum Gasteiger partial charge on any atom is -0.478 e. The van der Waals surface area contributed by atoms with Crippen molar-refractivity contribution in [1.82, 2.24) is 15.3 Å². The monoisotopic (exact) mass is 255 g/mol. The lowest BCUT2D eigenvalue weighted by molar-refractivity contribution is 0.276. The first-order chi connectivity index (χ1) is 8.34. The Bertz CT molecular complexity index is 342. The Hall–Kier alpha value is -0.870. The standard InChI is InChI=1S/C12H18ClN3O/c13-12-15-8-6-11(16-12)17-9-3-5-10-4-1-2-7-14-10/h6,8,10,14H,1-5,7,9H2/t10-/m0/s1. The summed E-state index contributed by atoms with van der Waals surface area (Å²) >= 11 is 5.67. The molecule has 1 aliphatic rings. The highest BCUT2D eigenvalue weighted by atomic mass is 35.5. The summed E-state index contributed by atoms with van der Waals surface area (Å²) in [5.74, 6) is 0.557. The van der Waals surface area contributed by atoms with E-state index in [2.05, 4.69) is 15.3 Å². The van der Waals surface area contributed by atoms with E-state index in [1.807, 2.05) is 0 Å². The van der Waals surface area contributed by atoms with Gasteiger partial charge in [0.05, 0.1) is 6.61 Å². The number of nitrogens with zero attached hydrogens (tertiary/aromatic N) is 2. The summed E-state index contributed by atoms with van der Waals surface area (Å²) in [6, 6.07) is 2.39. The number of ether oxygens (including phenoxy) is 1. The van der Waals surface area contributed by atoms with Gasteiger partial charge in [-0.15, -0.1) is 0 Å². The van der Waals surface area contributed by atoms with Crippen molar-refractivity contribution >= 4 is 11.6 Å². The maximum Gasteiger partial charge on any atom is 0.225 e. The number of hydrogen-bond acceptors (Lipinski definition) is 4. The van der Waals surface area contributed by atoms with Crippen LogP contribution in [0, 0.1) is 0 Å². The molecule has 17 heavy (non-hydrogen) atoms. The van der Waals surface area contributed by atoms with Gasteiger partial charge in [-0.25, -0.2) is 4.98 Å². The van der Waals surface area contributed by atoms with Crippen molar-refractivity contribution in [3.05, 3.63) is 17.5 Å². The van der Waals surface area contributed by atoms with Crippen molar-refractivity contribution in [2.75, 3.05) is 13.2 Å². The van der Waals surface area contributed by atoms with E-state index in [0.717, 1.165) is 13.0 Å². The minimum absolute atomic E-state index is 0.233. The lowest BCUT2D eigenvalue weighted by atomic mass is 10.0. The first-order valence-electron chi connectivity index (χ1n) is 6.19. The van der Waals surface area contributed by atoms with Gasteiger partial charge >= 0.3 is 0 Å². The van der Waals surface area contributed by atoms with Gasteiger partial charge in [0, 0.05) is 18.3 Å². The van der Waals surface area contributed by atoms with E-state index >= 15 is 0 Å². The second-order valence-corrected chi connectivity index (χ2v) is 4.64. The molecular weight excluding hydrogens is 238 g/mol. The molecule has 1 aromatic heterocycles. The lowest BCUT2D eigenvalue weighted by Gasteiger charge is -2.23. The molecule has 0 amide bonds. The highest BCUT2D eigenvalue weighted by Crippen LogP contribution is 2.13. The van der Waals surface area contributed by atoms with Gasteiger partial charge in [0.2, 0.25) is 11.2 Å². The average Bonchev–Trinajstić information content (AvgIpc) is 2.36. The smallest absolute Gasteiger partial charge is 0.225 e. The molecular formula is C12H18ClN3O. The van der Waals surface area contributed by atoms with Crippen LogP contribution in [-0.2, 0) is 0 Å². The maximum atomic E-state index is 5.67. The molecule has 4 nitrogen and oxygen atoms in total. The van der Waals surface area contributed by atoms with Gasteiger partial charge in [-0.3, -0.25) is 0 Å². The van der Waals surface area contributed by atoms with Crippen LogP contribution >= 0.6 is 11.6 Å². The van der Waals surface area contributed by atoms with E-state index in [0.29, 0.717) is 18.5 Å². The molecule has 0 radical (unpaired) electrons. The molecule has 0 bridgehead atoms. The zero-order chi connectivity index (χ0) is 11.9. The third-order valence-electron chi connectivity index (χ3n) is 2.96. The topological polar surface area (TPSA) is 47.0 Å². The molecule has 1 saturated heterocycles. The number of nitrogens with one attached hydrogen (secondary N) is 1. The van der Waals surface area contributed by atoms with Crippen molar-refractivity contribution in [3.63, 3.8) is 0 Å². The lowest BCUT2D eigenvalue weighted by Crippen LogP contribution is -2.34. The second-order valence-electron chi connectivity index (χ2n) is 4.30. The molecule has 2 rings (SSSR count). The third-order valence-corrected chi connectivity index (χ3v) is 3.14. The Morgan fingerprint density at radius 2 is 2.41 bits per heavy atom. The highest BCUT2D eigenvalue weighted by Gasteiger charge is 2.11. The highest BCUT2D eigenvalue weighted by molar-refractivity contribution is 6.28. The zero-order valence-corrected chi connectivity index (χ0v) is 10.6. The normalized spacial score (nSPS) is 20.2. The van der Waals surface area contributed by atoms with Crippen LogP contribution < -0.4 is 10.1 Å². The van der Waals surface area contributed by atoms with Crippen LogP contribution in [0.25, 0.3) is 0 Å². The molecule has 1 fully saturated rings. The molecule has 0 spiro atoms. The molecule has 94 valence electrons. The van der Waals surface area contributed by atoms with Crippen LogP contribution in [0.5, 0.6) is 5.88 Å². The average molecular weight is 256 g/mol. The van der Waals surface area contributed by atoms with Gasteiger partial charge in [0.25, 0.3) is 0 Å². The zero-order valence-electron chi connectivity index (χ0n) is 9.86. The fourth-order valence-electron chi connectivity index (χ4n) is 2.08. The summed E-state index contributed by atoms with van der Waals surface area (Å²) < 4.78 is 5.51. The van der Waals surface area contributed by atoms with E-state index in [9.17, 15) is 0 Å². The second kappa shape index (κ2) is 6.77. The van der Waals surface area contributed by atoms with E-state index < -0.39 is 0 Å². The third kappa shape index (κ3) is 4.48. The van der Waals surface area contributed by atoms with Gasteiger partial charge in [0.15, 0.2) is 0 Å². The van der Waals surface area contributed by atoms with Crippen LogP contribution in [0.15, 0.2) is 12.3 Å². The maximum absolute atomic E-state index is 5.67. The first-order valence-corrected chi connectivity index (χ1v) is 6.57. The molecule has 2 heterocycles. The molecule has 1 aliphatic heterocycles. The van der Waals surface area contributed by atoms with Gasteiger partial charge in [-0.1, -0.05) is 6.42 Å². The predicted molar refractivity (Wildman–Crippen MR) is 67.4 cm³/mol. The molecule has 1 atom stereocenters. The van der Waals surface area contributed by atoms with Crippen LogP contribution in [0.4, 0.5) is 0 Å². The summed E-state index contributed by atoms with van der Waals surface area (Å²) in [4.78, 5) is 7.78. The molecule has 0 saturated carbocycles. The molecule has 1 aromatic rings. The summed E-state index contributed by atoms with van der Waals surface area (Å²) in [5, 5.41) is 3.76. The first kappa shape index (κ1) is 12.6. The van der Waals surface area contributed by atoms with Crippen LogP contribution in [0.3, 0.4) is 0 Å². The van der Waals surface area contributed by atoms with Gasteiger partial charge in [-0.2, -0.15) is 4.98 Å². The van der Waals surface area contributed by atoms with Gasteiger partial charge in [0.1, 0.15) is 0 Å². The summed E-state index contributed by atoms with van der Waals surface area (Å²) in [7, 11) is 0. The Labute approximate surface area is 107 Å². The molecule has 5 heteroatoms. The number of hydrogen-bond donors (Lipinski definition) is 1. The number of piperidine rings is 1. The molecule has 0 unspecified atom stereocenters. The van der Waals surface area contributed by atoms with Crippen LogP contribution in [0.1, 0.15) is 32.1 Å². The summed E-state index contributed by atoms with van der Waals surface area (Å²) in [5.41, 5.74) is 0. The van der Waals surface area contributed by atoms with Crippen LogP contribution in [0.2, 0.25) is 5.28 Å². The summed E-state index contributed by atoms with van der Waals surface area (Å²) in [6.07, 6.45) is 7.76. The number of halogens is 1. The van der Waals surface area contributed by atoms with E-state index in [1.54, 1.807) is 12.3 Å². The van der Waals surface area contributed by atoms with Crippen molar-refractivity contribution < 1.29 is 4.74 Å². The Morgan fingerprint density at radius 3 is 3.18 bits per heavy atom. The molecule has 1 N–H and O–H groups in total. The van der Waals surface area contributed by atoms with E-state index in [4.69, 9.17) is 16.3 Å². The van der Waals surface area contributed by atoms with Crippen molar-refractivity contribution in [1.29, 1.82) is 0 Å². The molecule has 0 aliphatic carbocycles. The van der Waals surface area contributed by atoms with Crippen LogP contribution in [-0.4, -0.2) is 29.2 Å². The minimum atomic E-state index is 0.233. The Balaban J connectivity index is 1.62. The SMILES string of the molecule is Clc1nccc(OCCC[C@@H]2CCCCN2)n1. The Morgan fingerprint density at radius 1 is 1.47 bits per heavy atom. The molecule has 0 aromatic carbocycles. The van der Waals surface area contributed by atoms with E-state index in [1.165, 1.54) is 25.7 Å². The van der Waals surface area contributed by atoms with Crippen molar-refractivity contribution in [3.8, 4) is 5.88 Å². The van der Waals surface area contributed by atoms with Crippen molar-refractivity contribution in [2.24, 2.45) is 0 Å². The van der Waals surface area contributed by atoms with Crippen molar-refractivity contribution in [2.45, 2.75) is 38.1 Å². The van der Waals surface area contributed by atoms with Gasteiger partial charge in [-0.05, 0) is 43.8 Å². The quantitative estimate of drug-likeness (QED) is 0.649. The predicted octanol–water partition coefficient (Wildman–Crippen LogP) is 2.43. The fourth-order valence-corrected chi connectivity index (χ4v) is 2.22. The van der Waals surface area contributed by atoms with E-state index in [-0.39, 0.29) is 5.28 Å².